The molecule has 0 spiro atoms. The number of hydrogen-bond acceptors (Lipinski definition) is 4. The molecule has 4 aromatic carbocycles. The van der Waals surface area contributed by atoms with E-state index in [-0.39, 0.29) is 0 Å². The van der Waals surface area contributed by atoms with E-state index in [0.717, 1.165) is 34.4 Å². The highest BCUT2D eigenvalue weighted by Gasteiger charge is 2.28. The molecule has 2 heterocycles. The van der Waals surface area contributed by atoms with Crippen molar-refractivity contribution < 1.29 is 9.47 Å². The molecule has 4 nitrogen and oxygen atoms in total. The van der Waals surface area contributed by atoms with Gasteiger partial charge in [-0.15, -0.1) is 0 Å². The van der Waals surface area contributed by atoms with Crippen LogP contribution in [0.4, 0.5) is 22.7 Å². The van der Waals surface area contributed by atoms with E-state index in [4.69, 9.17) is 9.47 Å². The van der Waals surface area contributed by atoms with Gasteiger partial charge in [-0.25, -0.2) is 0 Å². The second-order valence-electron chi connectivity index (χ2n) is 8.55. The van der Waals surface area contributed by atoms with Gasteiger partial charge in [0.05, 0.1) is 28.8 Å². The summed E-state index contributed by atoms with van der Waals surface area (Å²) in [5.74, 6) is 3.66. The largest absolute Gasteiger partial charge is 0.453 e. The maximum absolute atomic E-state index is 6.03. The Morgan fingerprint density at radius 2 is 1.12 bits per heavy atom. The second kappa shape index (κ2) is 8.99. The molecular formula is C30H26N2O2. The first-order valence-corrected chi connectivity index (χ1v) is 11.8. The predicted octanol–water partition coefficient (Wildman–Crippen LogP) is 8.58. The van der Waals surface area contributed by atoms with E-state index < -0.39 is 0 Å². The van der Waals surface area contributed by atoms with Crippen molar-refractivity contribution in [1.29, 1.82) is 0 Å². The van der Waals surface area contributed by atoms with Gasteiger partial charge in [0.25, 0.3) is 0 Å². The minimum Gasteiger partial charge on any atom is -0.453 e. The van der Waals surface area contributed by atoms with E-state index in [2.05, 4.69) is 46.6 Å². The quantitative estimate of drug-likeness (QED) is 0.261. The van der Waals surface area contributed by atoms with Crippen LogP contribution in [-0.2, 0) is 0 Å². The van der Waals surface area contributed by atoms with Crippen molar-refractivity contribution in [2.75, 3.05) is 10.2 Å². The topological polar surface area (TPSA) is 33.7 Å². The zero-order valence-electron chi connectivity index (χ0n) is 18.9. The summed E-state index contributed by atoms with van der Waals surface area (Å²) in [5, 5.41) is 3.32. The summed E-state index contributed by atoms with van der Waals surface area (Å²) >= 11 is 0. The fourth-order valence-corrected chi connectivity index (χ4v) is 4.68. The Bertz CT molecular complexity index is 1210. The van der Waals surface area contributed by atoms with E-state index in [1.165, 1.54) is 30.6 Å². The molecule has 1 atom stereocenters. The van der Waals surface area contributed by atoms with Gasteiger partial charge in [-0.2, -0.15) is 0 Å². The lowest BCUT2D eigenvalue weighted by Crippen LogP contribution is -2.32. The first kappa shape index (κ1) is 20.4. The van der Waals surface area contributed by atoms with Crippen molar-refractivity contribution in [3.8, 4) is 23.0 Å². The first-order valence-electron chi connectivity index (χ1n) is 11.8. The molecule has 168 valence electrons. The van der Waals surface area contributed by atoms with Gasteiger partial charge >= 0.3 is 0 Å². The molecule has 4 heteroatoms. The van der Waals surface area contributed by atoms with Crippen LogP contribution in [0.1, 0.15) is 19.3 Å². The molecular weight excluding hydrogens is 420 g/mol. The number of fused-ring (bicyclic) bond motifs is 4. The van der Waals surface area contributed by atoms with Crippen LogP contribution < -0.4 is 19.7 Å². The zero-order chi connectivity index (χ0) is 22.7. The molecule has 4 aromatic rings. The summed E-state index contributed by atoms with van der Waals surface area (Å²) in [4.78, 5) is 2.42. The molecule has 0 saturated heterocycles. The van der Waals surface area contributed by atoms with Gasteiger partial charge in [0, 0.05) is 0 Å². The molecule has 34 heavy (non-hydrogen) atoms. The number of hydrogen-bond donors (Lipinski definition) is 1. The van der Waals surface area contributed by atoms with Crippen LogP contribution in [0.15, 0.2) is 109 Å². The number of allylic oxidation sites excluding steroid dienone is 1. The number of anilines is 4. The Morgan fingerprint density at radius 3 is 1.68 bits per heavy atom. The van der Waals surface area contributed by atoms with Gasteiger partial charge in [-0.05, 0) is 67.8 Å². The lowest BCUT2D eigenvalue weighted by Gasteiger charge is -2.38. The molecule has 1 aliphatic carbocycles. The average molecular weight is 447 g/mol. The van der Waals surface area contributed by atoms with E-state index in [1.54, 1.807) is 0 Å². The minimum absolute atomic E-state index is 0.426. The summed E-state index contributed by atoms with van der Waals surface area (Å²) in [6.07, 6.45) is 8.28. The normalized spacial score (nSPS) is 16.7. The second-order valence-corrected chi connectivity index (χ2v) is 8.55. The summed E-state index contributed by atoms with van der Waals surface area (Å²) in [7, 11) is 0. The van der Waals surface area contributed by atoms with Gasteiger partial charge < -0.3 is 19.7 Å². The molecule has 0 radical (unpaired) electrons. The molecule has 0 aromatic heterocycles. The third kappa shape index (κ3) is 3.88. The Labute approximate surface area is 200 Å². The number of rotatable bonds is 1. The third-order valence-electron chi connectivity index (χ3n) is 6.29. The van der Waals surface area contributed by atoms with Crippen molar-refractivity contribution in [3.05, 3.63) is 109 Å². The van der Waals surface area contributed by atoms with E-state index in [1.807, 2.05) is 72.8 Å². The van der Waals surface area contributed by atoms with Crippen molar-refractivity contribution in [2.45, 2.75) is 25.3 Å². The van der Waals surface area contributed by atoms with Crippen molar-refractivity contribution >= 4 is 22.7 Å². The summed E-state index contributed by atoms with van der Waals surface area (Å²) in [6.45, 7) is 0. The van der Waals surface area contributed by atoms with Gasteiger partial charge in [0.1, 0.15) is 0 Å². The number of ether oxygens (including phenoxy) is 2. The van der Waals surface area contributed by atoms with Crippen LogP contribution >= 0.6 is 0 Å². The summed E-state index contributed by atoms with van der Waals surface area (Å²) in [5.41, 5.74) is 4.38. The van der Waals surface area contributed by atoms with Gasteiger partial charge in [0.2, 0.25) is 0 Å². The molecule has 0 bridgehead atoms. The number of para-hydroxylation sites is 8. The fourth-order valence-electron chi connectivity index (χ4n) is 4.68. The molecule has 3 aliphatic rings. The standard InChI is InChI=1S/C18H17NO.C12H9NO/c1-2-8-14(9-3-1)19-15-10-4-6-12-17(15)20-18-13-7-5-11-16(18)19;1-3-7-11-9(5-1)13-10-6-2-4-8-12(10)14-11/h2,4-8,10-14H,1,3,9H2;1-8,13H. The van der Waals surface area contributed by atoms with E-state index >= 15 is 0 Å². The molecule has 7 rings (SSSR count). The Hall–Kier alpha value is -4.18. The van der Waals surface area contributed by atoms with E-state index in [9.17, 15) is 0 Å². The van der Waals surface area contributed by atoms with Crippen LogP contribution in [0, 0.1) is 0 Å². The minimum atomic E-state index is 0.426. The number of benzene rings is 4. The fraction of sp³-hybridized carbons (Fsp3) is 0.133. The van der Waals surface area contributed by atoms with Crippen LogP contribution in [0.25, 0.3) is 0 Å². The Balaban J connectivity index is 0.000000136. The average Bonchev–Trinajstić information content (AvgIpc) is 2.91. The highest BCUT2D eigenvalue weighted by Crippen LogP contribution is 2.48. The molecule has 1 N–H and O–H groups in total. The summed E-state index contributed by atoms with van der Waals surface area (Å²) in [6, 6.07) is 32.9. The smallest absolute Gasteiger partial charge is 0.151 e. The van der Waals surface area contributed by atoms with E-state index in [0.29, 0.717) is 6.04 Å². The maximum atomic E-state index is 6.03. The molecule has 1 unspecified atom stereocenters. The maximum Gasteiger partial charge on any atom is 0.151 e. The van der Waals surface area contributed by atoms with Crippen molar-refractivity contribution in [3.63, 3.8) is 0 Å². The predicted molar refractivity (Wildman–Crippen MR) is 138 cm³/mol. The van der Waals surface area contributed by atoms with Gasteiger partial charge in [-0.1, -0.05) is 60.7 Å². The molecule has 0 amide bonds. The third-order valence-corrected chi connectivity index (χ3v) is 6.29. The highest BCUT2D eigenvalue weighted by atomic mass is 16.5. The number of nitrogens with one attached hydrogen (secondary N) is 1. The molecule has 0 saturated carbocycles. The SMILES string of the molecule is C1=CC(N2c3ccccc3Oc3ccccc32)CCC1.c1ccc2c(c1)Nc1ccccc1O2. The zero-order valence-corrected chi connectivity index (χ0v) is 18.9. The first-order chi connectivity index (χ1) is 16.9. The Morgan fingerprint density at radius 1 is 0.618 bits per heavy atom. The Kier molecular flexibility index (Phi) is 5.40. The number of nitrogens with zero attached hydrogens (tertiary/aromatic N) is 1. The van der Waals surface area contributed by atoms with Crippen molar-refractivity contribution in [2.24, 2.45) is 0 Å². The van der Waals surface area contributed by atoms with Gasteiger partial charge in [-0.3, -0.25) is 0 Å². The monoisotopic (exact) mass is 446 g/mol. The lowest BCUT2D eigenvalue weighted by molar-refractivity contribution is 0.466. The van der Waals surface area contributed by atoms with Crippen LogP contribution in [0.5, 0.6) is 23.0 Å². The van der Waals surface area contributed by atoms with Crippen LogP contribution in [0.3, 0.4) is 0 Å². The summed E-state index contributed by atoms with van der Waals surface area (Å²) < 4.78 is 11.7. The molecule has 0 fully saturated rings. The highest BCUT2D eigenvalue weighted by molar-refractivity contribution is 5.79. The van der Waals surface area contributed by atoms with Crippen LogP contribution in [-0.4, -0.2) is 6.04 Å². The van der Waals surface area contributed by atoms with Gasteiger partial charge in [0.15, 0.2) is 23.0 Å². The molecule has 2 aliphatic heterocycles. The van der Waals surface area contributed by atoms with Crippen molar-refractivity contribution in [1.82, 2.24) is 0 Å². The lowest BCUT2D eigenvalue weighted by atomic mass is 9.99. The van der Waals surface area contributed by atoms with Crippen LogP contribution in [0.2, 0.25) is 0 Å².